The highest BCUT2D eigenvalue weighted by Gasteiger charge is 2.27. The maximum absolute atomic E-state index is 12.8. The molecule has 5 heteroatoms. The first kappa shape index (κ1) is 20.5. The molecule has 0 spiro atoms. The topological polar surface area (TPSA) is 46.1 Å². The highest BCUT2D eigenvalue weighted by molar-refractivity contribution is 6.30. The van der Waals surface area contributed by atoms with E-state index in [1.807, 2.05) is 47.4 Å². The number of aryl methyl sites for hydroxylation is 1. The molecule has 30 heavy (non-hydrogen) atoms. The van der Waals surface area contributed by atoms with E-state index in [2.05, 4.69) is 22.1 Å². The number of benzene rings is 2. The van der Waals surface area contributed by atoms with Crippen molar-refractivity contribution in [3.05, 3.63) is 83.3 Å². The molecular formula is C25H26ClN3O. The molecule has 0 aliphatic carbocycles. The maximum atomic E-state index is 12.8. The Morgan fingerprint density at radius 3 is 2.73 bits per heavy atom. The average molecular weight is 420 g/mol. The predicted octanol–water partition coefficient (Wildman–Crippen LogP) is 5.53. The minimum atomic E-state index is 0.194. The SMILES string of the molecule is O=C(CCCc1ccccc1)N1CCC[C@@H](c2nccnc2-c2cccc(Cl)c2)C1. The third kappa shape index (κ3) is 5.06. The fourth-order valence-corrected chi connectivity index (χ4v) is 4.37. The molecule has 1 fully saturated rings. The van der Waals surface area contributed by atoms with Crippen LogP contribution in [0, 0.1) is 0 Å². The molecule has 0 bridgehead atoms. The van der Waals surface area contributed by atoms with Gasteiger partial charge in [0.1, 0.15) is 0 Å². The molecule has 4 rings (SSSR count). The van der Waals surface area contributed by atoms with Crippen LogP contribution in [0.4, 0.5) is 0 Å². The van der Waals surface area contributed by atoms with Crippen molar-refractivity contribution in [1.29, 1.82) is 0 Å². The summed E-state index contributed by atoms with van der Waals surface area (Å²) in [4.78, 5) is 24.1. The van der Waals surface area contributed by atoms with E-state index in [9.17, 15) is 4.79 Å². The zero-order valence-electron chi connectivity index (χ0n) is 17.0. The fraction of sp³-hybridized carbons (Fsp3) is 0.320. The van der Waals surface area contributed by atoms with E-state index in [1.54, 1.807) is 12.4 Å². The number of rotatable bonds is 6. The van der Waals surface area contributed by atoms with Gasteiger partial charge in [0.2, 0.25) is 5.91 Å². The van der Waals surface area contributed by atoms with Gasteiger partial charge in [0.15, 0.2) is 0 Å². The van der Waals surface area contributed by atoms with Crippen molar-refractivity contribution in [2.75, 3.05) is 13.1 Å². The van der Waals surface area contributed by atoms with Crippen LogP contribution in [0.1, 0.15) is 42.9 Å². The number of piperidine rings is 1. The lowest BCUT2D eigenvalue weighted by Gasteiger charge is -2.33. The van der Waals surface area contributed by atoms with E-state index in [0.717, 1.165) is 49.2 Å². The molecule has 1 aliphatic heterocycles. The zero-order valence-corrected chi connectivity index (χ0v) is 17.8. The van der Waals surface area contributed by atoms with Crippen molar-refractivity contribution in [3.8, 4) is 11.3 Å². The third-order valence-corrected chi connectivity index (χ3v) is 5.92. The molecule has 0 saturated carbocycles. The first-order chi connectivity index (χ1) is 14.7. The molecule has 2 aromatic carbocycles. The van der Waals surface area contributed by atoms with Crippen molar-refractivity contribution in [3.63, 3.8) is 0 Å². The lowest BCUT2D eigenvalue weighted by molar-refractivity contribution is -0.132. The second-order valence-electron chi connectivity index (χ2n) is 7.82. The summed E-state index contributed by atoms with van der Waals surface area (Å²) < 4.78 is 0. The summed E-state index contributed by atoms with van der Waals surface area (Å²) in [6.07, 6.45) is 7.86. The average Bonchev–Trinajstić information content (AvgIpc) is 2.80. The van der Waals surface area contributed by atoms with Crippen LogP contribution in [0.3, 0.4) is 0 Å². The Morgan fingerprint density at radius 2 is 1.90 bits per heavy atom. The van der Waals surface area contributed by atoms with E-state index in [4.69, 9.17) is 11.6 Å². The van der Waals surface area contributed by atoms with Crippen molar-refractivity contribution < 1.29 is 4.79 Å². The third-order valence-electron chi connectivity index (χ3n) is 5.68. The Balaban J connectivity index is 1.42. The molecule has 4 nitrogen and oxygen atoms in total. The van der Waals surface area contributed by atoms with Crippen LogP contribution in [0.5, 0.6) is 0 Å². The van der Waals surface area contributed by atoms with Crippen LogP contribution in [0.25, 0.3) is 11.3 Å². The van der Waals surface area contributed by atoms with Gasteiger partial charge in [-0.1, -0.05) is 54.1 Å². The van der Waals surface area contributed by atoms with Crippen LogP contribution in [0.15, 0.2) is 67.0 Å². The number of halogens is 1. The second-order valence-corrected chi connectivity index (χ2v) is 8.26. The summed E-state index contributed by atoms with van der Waals surface area (Å²) in [6.45, 7) is 1.53. The number of hydrogen-bond donors (Lipinski definition) is 0. The number of hydrogen-bond acceptors (Lipinski definition) is 3. The van der Waals surface area contributed by atoms with Gasteiger partial charge in [0.25, 0.3) is 0 Å². The molecule has 0 N–H and O–H groups in total. The molecule has 1 aliphatic rings. The van der Waals surface area contributed by atoms with Gasteiger partial charge in [-0.2, -0.15) is 0 Å². The number of carbonyl (C=O) groups is 1. The van der Waals surface area contributed by atoms with E-state index in [0.29, 0.717) is 18.0 Å². The molecule has 0 radical (unpaired) electrons. The summed E-state index contributed by atoms with van der Waals surface area (Å²) >= 11 is 6.19. The molecule has 1 aromatic heterocycles. The van der Waals surface area contributed by atoms with E-state index >= 15 is 0 Å². The van der Waals surface area contributed by atoms with Crippen molar-refractivity contribution in [2.45, 2.75) is 38.0 Å². The molecule has 3 aromatic rings. The lowest BCUT2D eigenvalue weighted by atomic mass is 9.91. The highest BCUT2D eigenvalue weighted by Crippen LogP contribution is 2.32. The summed E-state index contributed by atoms with van der Waals surface area (Å²) in [5.74, 6) is 0.434. The normalized spacial score (nSPS) is 16.4. The Bertz CT molecular complexity index is 992. The van der Waals surface area contributed by atoms with E-state index in [1.165, 1.54) is 5.56 Å². The predicted molar refractivity (Wildman–Crippen MR) is 120 cm³/mol. The molecular weight excluding hydrogens is 394 g/mol. The quantitative estimate of drug-likeness (QED) is 0.528. The Kier molecular flexibility index (Phi) is 6.75. The number of amides is 1. The summed E-state index contributed by atoms with van der Waals surface area (Å²) in [7, 11) is 0. The van der Waals surface area contributed by atoms with Gasteiger partial charge >= 0.3 is 0 Å². The fourth-order valence-electron chi connectivity index (χ4n) is 4.18. The van der Waals surface area contributed by atoms with Crippen LogP contribution >= 0.6 is 11.6 Å². The second kappa shape index (κ2) is 9.86. The lowest BCUT2D eigenvalue weighted by Crippen LogP contribution is -2.39. The number of aromatic nitrogens is 2. The first-order valence-electron chi connectivity index (χ1n) is 10.6. The molecule has 0 unspecified atom stereocenters. The molecule has 2 heterocycles. The van der Waals surface area contributed by atoms with Crippen LogP contribution < -0.4 is 0 Å². The van der Waals surface area contributed by atoms with Gasteiger partial charge in [0, 0.05) is 48.4 Å². The van der Waals surface area contributed by atoms with Gasteiger partial charge < -0.3 is 4.90 Å². The standard InChI is InChI=1S/C25H26ClN3O/c26-22-12-5-10-20(17-22)24-25(28-15-14-27-24)21-11-6-16-29(18-21)23(30)13-4-9-19-7-2-1-3-8-19/h1-3,5,7-8,10,12,14-15,17,21H,4,6,9,11,13,16,18H2/t21-/m1/s1. The minimum Gasteiger partial charge on any atom is -0.342 e. The molecule has 1 amide bonds. The summed E-state index contributed by atoms with van der Waals surface area (Å²) in [5, 5.41) is 0.683. The largest absolute Gasteiger partial charge is 0.342 e. The Labute approximate surface area is 182 Å². The van der Waals surface area contributed by atoms with E-state index < -0.39 is 0 Å². The Morgan fingerprint density at radius 1 is 1.07 bits per heavy atom. The first-order valence-corrected chi connectivity index (χ1v) is 11.0. The van der Waals surface area contributed by atoms with Crippen LogP contribution in [0.2, 0.25) is 5.02 Å². The van der Waals surface area contributed by atoms with Gasteiger partial charge in [0.05, 0.1) is 11.4 Å². The maximum Gasteiger partial charge on any atom is 0.222 e. The van der Waals surface area contributed by atoms with E-state index in [-0.39, 0.29) is 11.8 Å². The summed E-state index contributed by atoms with van der Waals surface area (Å²) in [5.41, 5.74) is 4.08. The van der Waals surface area contributed by atoms with Gasteiger partial charge in [-0.3, -0.25) is 14.8 Å². The number of carbonyl (C=O) groups excluding carboxylic acids is 1. The van der Waals surface area contributed by atoms with Crippen molar-refractivity contribution >= 4 is 17.5 Å². The van der Waals surface area contributed by atoms with Crippen molar-refractivity contribution in [1.82, 2.24) is 14.9 Å². The van der Waals surface area contributed by atoms with Crippen LogP contribution in [-0.4, -0.2) is 33.9 Å². The monoisotopic (exact) mass is 419 g/mol. The number of nitrogens with zero attached hydrogens (tertiary/aromatic N) is 3. The molecule has 154 valence electrons. The molecule has 1 atom stereocenters. The van der Waals surface area contributed by atoms with Gasteiger partial charge in [-0.15, -0.1) is 0 Å². The minimum absolute atomic E-state index is 0.194. The smallest absolute Gasteiger partial charge is 0.222 e. The number of likely N-dealkylation sites (tertiary alicyclic amines) is 1. The molecule has 1 saturated heterocycles. The summed E-state index contributed by atoms with van der Waals surface area (Å²) in [6, 6.07) is 18.1. The van der Waals surface area contributed by atoms with Crippen LogP contribution in [-0.2, 0) is 11.2 Å². The van der Waals surface area contributed by atoms with Gasteiger partial charge in [-0.25, -0.2) is 0 Å². The highest BCUT2D eigenvalue weighted by atomic mass is 35.5. The Hall–Kier alpha value is -2.72. The zero-order chi connectivity index (χ0) is 20.8. The van der Waals surface area contributed by atoms with Crippen molar-refractivity contribution in [2.24, 2.45) is 0 Å². The van der Waals surface area contributed by atoms with Gasteiger partial charge in [-0.05, 0) is 43.4 Å².